The van der Waals surface area contributed by atoms with Crippen LogP contribution in [0.15, 0.2) is 23.7 Å². The van der Waals surface area contributed by atoms with Crippen LogP contribution in [0.5, 0.6) is 0 Å². The van der Waals surface area contributed by atoms with Crippen molar-refractivity contribution in [2.45, 2.75) is 26.4 Å². The first-order valence-electron chi connectivity index (χ1n) is 6.03. The Morgan fingerprint density at radius 1 is 1.44 bits per heavy atom. The molecular formula is C13H18N4S. The van der Waals surface area contributed by atoms with Gasteiger partial charge >= 0.3 is 0 Å². The van der Waals surface area contributed by atoms with Crippen molar-refractivity contribution in [2.75, 3.05) is 6.54 Å². The first-order chi connectivity index (χ1) is 8.78. The molecule has 18 heavy (non-hydrogen) atoms. The molecule has 4 nitrogen and oxygen atoms in total. The Morgan fingerprint density at radius 3 is 3.06 bits per heavy atom. The predicted molar refractivity (Wildman–Crippen MR) is 74.4 cm³/mol. The smallest absolute Gasteiger partial charge is 0.0940 e. The van der Waals surface area contributed by atoms with Gasteiger partial charge in [-0.05, 0) is 24.6 Å². The lowest BCUT2D eigenvalue weighted by atomic mass is 10.2. The molecular weight excluding hydrogens is 244 g/mol. The van der Waals surface area contributed by atoms with E-state index in [4.69, 9.17) is 5.73 Å². The lowest BCUT2D eigenvalue weighted by molar-refractivity contribution is 0.683. The average molecular weight is 262 g/mol. The van der Waals surface area contributed by atoms with Gasteiger partial charge in [-0.1, -0.05) is 0 Å². The summed E-state index contributed by atoms with van der Waals surface area (Å²) in [6.45, 7) is 4.30. The molecule has 0 aliphatic carbocycles. The van der Waals surface area contributed by atoms with Crippen LogP contribution < -0.4 is 11.1 Å². The number of pyridine rings is 1. The Kier molecular flexibility index (Phi) is 4.81. The van der Waals surface area contributed by atoms with Gasteiger partial charge in [0.1, 0.15) is 0 Å². The minimum atomic E-state index is 0.492. The van der Waals surface area contributed by atoms with E-state index < -0.39 is 0 Å². The molecule has 0 bridgehead atoms. The van der Waals surface area contributed by atoms with Crippen molar-refractivity contribution >= 4 is 11.3 Å². The summed E-state index contributed by atoms with van der Waals surface area (Å²) in [7, 11) is 0. The van der Waals surface area contributed by atoms with E-state index in [2.05, 4.69) is 20.7 Å². The highest BCUT2D eigenvalue weighted by Gasteiger charge is 1.99. The molecule has 0 amide bonds. The van der Waals surface area contributed by atoms with E-state index in [1.807, 2.05) is 25.3 Å². The van der Waals surface area contributed by atoms with Gasteiger partial charge in [-0.3, -0.25) is 4.98 Å². The third kappa shape index (κ3) is 3.87. The molecule has 0 aliphatic heterocycles. The Bertz CT molecular complexity index is 495. The van der Waals surface area contributed by atoms with Crippen LogP contribution in [0.2, 0.25) is 0 Å². The third-order valence-electron chi connectivity index (χ3n) is 2.60. The average Bonchev–Trinajstić information content (AvgIpc) is 2.81. The van der Waals surface area contributed by atoms with Gasteiger partial charge < -0.3 is 11.1 Å². The second kappa shape index (κ2) is 6.58. The number of rotatable bonds is 6. The van der Waals surface area contributed by atoms with Gasteiger partial charge in [-0.2, -0.15) is 0 Å². The summed E-state index contributed by atoms with van der Waals surface area (Å²) in [5.41, 5.74) is 8.83. The normalized spacial score (nSPS) is 10.8. The Balaban J connectivity index is 1.74. The molecule has 0 saturated heterocycles. The summed E-state index contributed by atoms with van der Waals surface area (Å²) >= 11 is 1.72. The quantitative estimate of drug-likeness (QED) is 0.777. The first kappa shape index (κ1) is 13.1. The van der Waals surface area contributed by atoms with E-state index in [0.717, 1.165) is 30.9 Å². The van der Waals surface area contributed by atoms with Crippen LogP contribution in [0, 0.1) is 6.92 Å². The van der Waals surface area contributed by atoms with E-state index in [1.54, 1.807) is 11.3 Å². The number of nitrogens with one attached hydrogen (secondary N) is 1. The summed E-state index contributed by atoms with van der Waals surface area (Å²) in [6.07, 6.45) is 2.79. The largest absolute Gasteiger partial charge is 0.325 e. The van der Waals surface area contributed by atoms with Crippen molar-refractivity contribution in [2.24, 2.45) is 5.73 Å². The highest BCUT2D eigenvalue weighted by molar-refractivity contribution is 7.09. The Hall–Kier alpha value is -1.30. The van der Waals surface area contributed by atoms with Crippen LogP contribution in [0.4, 0.5) is 0 Å². The molecule has 5 heteroatoms. The van der Waals surface area contributed by atoms with Crippen molar-refractivity contribution in [3.05, 3.63) is 45.7 Å². The monoisotopic (exact) mass is 262 g/mol. The summed E-state index contributed by atoms with van der Waals surface area (Å²) in [5.74, 6) is 0. The van der Waals surface area contributed by atoms with Gasteiger partial charge in [0, 0.05) is 43.3 Å². The third-order valence-corrected chi connectivity index (χ3v) is 3.63. The minimum absolute atomic E-state index is 0.492. The maximum Gasteiger partial charge on any atom is 0.0940 e. The number of hydrogen-bond donors (Lipinski definition) is 2. The minimum Gasteiger partial charge on any atom is -0.325 e. The molecule has 0 saturated carbocycles. The molecule has 0 spiro atoms. The molecule has 2 rings (SSSR count). The molecule has 2 heterocycles. The highest BCUT2D eigenvalue weighted by Crippen LogP contribution is 2.08. The van der Waals surface area contributed by atoms with E-state index in [1.165, 1.54) is 10.6 Å². The standard InChI is InChI=1S/C13H18N4S/c1-10-9-18-13(17-10)3-4-15-8-11-2-5-16-12(6-11)7-14/h2,5-6,9,15H,3-4,7-8,14H2,1H3. The SMILES string of the molecule is Cc1csc(CCNCc2ccnc(CN)c2)n1. The fourth-order valence-corrected chi connectivity index (χ4v) is 2.47. The van der Waals surface area contributed by atoms with Gasteiger partial charge in [0.15, 0.2) is 0 Å². The molecule has 0 aromatic carbocycles. The Labute approximate surface area is 111 Å². The van der Waals surface area contributed by atoms with Gasteiger partial charge in [0.2, 0.25) is 0 Å². The molecule has 0 atom stereocenters. The van der Waals surface area contributed by atoms with E-state index in [9.17, 15) is 0 Å². The second-order valence-electron chi connectivity index (χ2n) is 4.17. The van der Waals surface area contributed by atoms with E-state index in [-0.39, 0.29) is 0 Å². The maximum absolute atomic E-state index is 5.56. The van der Waals surface area contributed by atoms with Crippen LogP contribution >= 0.6 is 11.3 Å². The number of hydrogen-bond acceptors (Lipinski definition) is 5. The zero-order valence-corrected chi connectivity index (χ0v) is 11.3. The van der Waals surface area contributed by atoms with Gasteiger partial charge in [0.05, 0.1) is 10.7 Å². The Morgan fingerprint density at radius 2 is 2.33 bits per heavy atom. The van der Waals surface area contributed by atoms with Crippen LogP contribution in [0.3, 0.4) is 0 Å². The van der Waals surface area contributed by atoms with Gasteiger partial charge in [-0.15, -0.1) is 11.3 Å². The zero-order chi connectivity index (χ0) is 12.8. The topological polar surface area (TPSA) is 63.8 Å². The maximum atomic E-state index is 5.56. The van der Waals surface area contributed by atoms with Crippen molar-refractivity contribution in [1.82, 2.24) is 15.3 Å². The highest BCUT2D eigenvalue weighted by atomic mass is 32.1. The number of nitrogens with zero attached hydrogens (tertiary/aromatic N) is 2. The van der Waals surface area contributed by atoms with Crippen LogP contribution in [-0.4, -0.2) is 16.5 Å². The molecule has 0 radical (unpaired) electrons. The fraction of sp³-hybridized carbons (Fsp3) is 0.385. The van der Waals surface area contributed by atoms with Crippen molar-refractivity contribution < 1.29 is 0 Å². The van der Waals surface area contributed by atoms with Gasteiger partial charge in [-0.25, -0.2) is 4.98 Å². The van der Waals surface area contributed by atoms with Gasteiger partial charge in [0.25, 0.3) is 0 Å². The fourth-order valence-electron chi connectivity index (χ4n) is 1.70. The summed E-state index contributed by atoms with van der Waals surface area (Å²) in [4.78, 5) is 8.61. The second-order valence-corrected chi connectivity index (χ2v) is 5.11. The molecule has 0 aliphatic rings. The van der Waals surface area contributed by atoms with Crippen molar-refractivity contribution in [3.8, 4) is 0 Å². The molecule has 0 unspecified atom stereocenters. The summed E-state index contributed by atoms with van der Waals surface area (Å²) in [6, 6.07) is 4.06. The number of thiazole rings is 1. The molecule has 2 aromatic heterocycles. The molecule has 96 valence electrons. The molecule has 0 fully saturated rings. The van der Waals surface area contributed by atoms with Crippen molar-refractivity contribution in [3.63, 3.8) is 0 Å². The predicted octanol–water partition coefficient (Wildman–Crippen LogP) is 1.64. The van der Waals surface area contributed by atoms with Crippen LogP contribution in [-0.2, 0) is 19.5 Å². The number of aromatic nitrogens is 2. The zero-order valence-electron chi connectivity index (χ0n) is 10.5. The van der Waals surface area contributed by atoms with E-state index >= 15 is 0 Å². The van der Waals surface area contributed by atoms with E-state index in [0.29, 0.717) is 6.54 Å². The summed E-state index contributed by atoms with van der Waals surface area (Å²) < 4.78 is 0. The summed E-state index contributed by atoms with van der Waals surface area (Å²) in [5, 5.41) is 6.69. The van der Waals surface area contributed by atoms with Crippen LogP contribution in [0.25, 0.3) is 0 Å². The molecule has 3 N–H and O–H groups in total. The number of nitrogens with two attached hydrogens (primary N) is 1. The lowest BCUT2D eigenvalue weighted by Crippen LogP contribution is -2.17. The van der Waals surface area contributed by atoms with Crippen molar-refractivity contribution in [1.29, 1.82) is 0 Å². The van der Waals surface area contributed by atoms with Crippen LogP contribution in [0.1, 0.15) is 22.0 Å². The molecule has 2 aromatic rings. The number of aryl methyl sites for hydroxylation is 1. The first-order valence-corrected chi connectivity index (χ1v) is 6.91. The lowest BCUT2D eigenvalue weighted by Gasteiger charge is -2.05.